The number of hydrogen-bond donors (Lipinski definition) is 2. The summed E-state index contributed by atoms with van der Waals surface area (Å²) < 4.78 is 0. The van der Waals surface area contributed by atoms with Crippen molar-refractivity contribution in [3.05, 3.63) is 27.4 Å². The Kier molecular flexibility index (Phi) is 3.36. The number of amides is 2. The number of rotatable bonds is 2. The van der Waals surface area contributed by atoms with Crippen molar-refractivity contribution < 1.29 is 14.7 Å². The zero-order valence-corrected chi connectivity index (χ0v) is 11.8. The first-order valence-electron chi connectivity index (χ1n) is 5.79. The normalized spacial score (nSPS) is 17.6. The number of carbonyl (C=O) groups excluding carboxylic acids is 1. The van der Waals surface area contributed by atoms with Gasteiger partial charge in [0, 0.05) is 11.4 Å². The number of nitrogens with one attached hydrogen (secondary N) is 1. The molecule has 2 aromatic heterocycles. The van der Waals surface area contributed by atoms with Crippen LogP contribution in [-0.2, 0) is 11.2 Å². The number of fused-ring (bicyclic) bond motifs is 1. The summed E-state index contributed by atoms with van der Waals surface area (Å²) in [5.74, 6) is -1.03. The smallest absolute Gasteiger partial charge is 0.331 e. The average molecular weight is 310 g/mol. The van der Waals surface area contributed by atoms with Gasteiger partial charge in [0.1, 0.15) is 5.51 Å². The van der Waals surface area contributed by atoms with Crippen molar-refractivity contribution in [3.63, 3.8) is 0 Å². The number of thiophene rings is 1. The van der Waals surface area contributed by atoms with Gasteiger partial charge in [0.2, 0.25) is 5.13 Å². The molecule has 0 aromatic carbocycles. The van der Waals surface area contributed by atoms with E-state index in [1.54, 1.807) is 6.07 Å². The van der Waals surface area contributed by atoms with Gasteiger partial charge in [0.25, 0.3) is 0 Å². The second-order valence-electron chi connectivity index (χ2n) is 4.16. The van der Waals surface area contributed by atoms with E-state index in [9.17, 15) is 14.7 Å². The third-order valence-corrected chi connectivity index (χ3v) is 4.64. The Bertz CT molecular complexity index is 640. The van der Waals surface area contributed by atoms with Gasteiger partial charge < -0.3 is 10.0 Å². The molecule has 9 heteroatoms. The zero-order chi connectivity index (χ0) is 14.1. The molecule has 0 saturated carbocycles. The number of anilines is 1. The molecule has 2 aromatic rings. The van der Waals surface area contributed by atoms with Gasteiger partial charge in [-0.25, -0.2) is 9.59 Å². The highest BCUT2D eigenvalue weighted by Gasteiger charge is 2.36. The van der Waals surface area contributed by atoms with Gasteiger partial charge in [-0.1, -0.05) is 11.3 Å². The quantitative estimate of drug-likeness (QED) is 0.882. The molecule has 0 radical (unpaired) electrons. The summed E-state index contributed by atoms with van der Waals surface area (Å²) >= 11 is 2.71. The molecule has 0 spiro atoms. The van der Waals surface area contributed by atoms with Crippen LogP contribution in [0.2, 0.25) is 0 Å². The largest absolute Gasteiger partial charge is 0.479 e. The number of aromatic nitrogens is 2. The van der Waals surface area contributed by atoms with Crippen molar-refractivity contribution in [2.75, 3.05) is 11.9 Å². The van der Waals surface area contributed by atoms with E-state index in [-0.39, 0.29) is 0 Å². The Balaban J connectivity index is 1.85. The molecule has 104 valence electrons. The van der Waals surface area contributed by atoms with E-state index in [4.69, 9.17) is 0 Å². The van der Waals surface area contributed by atoms with Crippen LogP contribution in [0, 0.1) is 0 Å². The molecular formula is C11H10N4O3S2. The number of nitrogens with zero attached hydrogens (tertiary/aromatic N) is 3. The predicted octanol–water partition coefficient (Wildman–Crippen LogP) is 1.82. The highest BCUT2D eigenvalue weighted by atomic mass is 32.1. The van der Waals surface area contributed by atoms with Crippen LogP contribution in [0.3, 0.4) is 0 Å². The van der Waals surface area contributed by atoms with Crippen LogP contribution < -0.4 is 5.32 Å². The second-order valence-corrected chi connectivity index (χ2v) is 5.99. The van der Waals surface area contributed by atoms with Gasteiger partial charge in [-0.2, -0.15) is 0 Å². The number of hydrogen-bond acceptors (Lipinski definition) is 6. The number of urea groups is 1. The van der Waals surface area contributed by atoms with Crippen LogP contribution in [-0.4, -0.2) is 38.7 Å². The summed E-state index contributed by atoms with van der Waals surface area (Å²) in [5.41, 5.74) is 2.19. The van der Waals surface area contributed by atoms with E-state index in [2.05, 4.69) is 15.5 Å². The monoisotopic (exact) mass is 310 g/mol. The molecule has 3 heterocycles. The Morgan fingerprint density at radius 3 is 3.00 bits per heavy atom. The average Bonchev–Trinajstić information content (AvgIpc) is 3.06. The molecule has 1 aliphatic rings. The minimum Gasteiger partial charge on any atom is -0.479 e. The molecule has 20 heavy (non-hydrogen) atoms. The van der Waals surface area contributed by atoms with Crippen molar-refractivity contribution in [3.8, 4) is 0 Å². The molecule has 2 amide bonds. The minimum atomic E-state index is -1.03. The van der Waals surface area contributed by atoms with E-state index < -0.39 is 18.0 Å². The van der Waals surface area contributed by atoms with Crippen LogP contribution in [0.4, 0.5) is 9.93 Å². The van der Waals surface area contributed by atoms with Crippen LogP contribution in [0.1, 0.15) is 16.5 Å². The Hall–Kier alpha value is -2.00. The topological polar surface area (TPSA) is 95.4 Å². The number of aliphatic carboxylic acids is 1. The summed E-state index contributed by atoms with van der Waals surface area (Å²) in [6.45, 7) is 0.370. The molecule has 0 aliphatic carbocycles. The fourth-order valence-corrected chi connectivity index (χ4v) is 3.53. The maximum atomic E-state index is 12.2. The number of carboxylic acid groups (broad SMARTS) is 1. The SMILES string of the molecule is O=C(O)C1c2ccsc2CCN1C(=O)Nc1nncs1. The number of carboxylic acids is 1. The van der Waals surface area contributed by atoms with Gasteiger partial charge in [-0.05, 0) is 23.4 Å². The molecule has 3 rings (SSSR count). The maximum Gasteiger partial charge on any atom is 0.331 e. The van der Waals surface area contributed by atoms with E-state index in [1.807, 2.05) is 5.38 Å². The Labute approximate surface area is 121 Å². The first kappa shape index (κ1) is 13.0. The van der Waals surface area contributed by atoms with Gasteiger partial charge in [-0.15, -0.1) is 21.5 Å². The van der Waals surface area contributed by atoms with Gasteiger partial charge in [0.05, 0.1) is 0 Å². The molecule has 1 unspecified atom stereocenters. The van der Waals surface area contributed by atoms with E-state index in [0.29, 0.717) is 23.7 Å². The summed E-state index contributed by atoms with van der Waals surface area (Å²) in [5, 5.41) is 21.5. The van der Waals surface area contributed by atoms with E-state index >= 15 is 0 Å². The summed E-state index contributed by atoms with van der Waals surface area (Å²) in [7, 11) is 0. The lowest BCUT2D eigenvalue weighted by Crippen LogP contribution is -2.45. The van der Waals surface area contributed by atoms with Crippen molar-refractivity contribution in [2.45, 2.75) is 12.5 Å². The Morgan fingerprint density at radius 2 is 2.30 bits per heavy atom. The summed E-state index contributed by atoms with van der Waals surface area (Å²) in [6.07, 6.45) is 0.667. The van der Waals surface area contributed by atoms with Crippen LogP contribution in [0.5, 0.6) is 0 Å². The number of carbonyl (C=O) groups is 2. The van der Waals surface area contributed by atoms with E-state index in [0.717, 1.165) is 4.88 Å². The fourth-order valence-electron chi connectivity index (χ4n) is 2.19. The van der Waals surface area contributed by atoms with Gasteiger partial charge in [0.15, 0.2) is 6.04 Å². The van der Waals surface area contributed by atoms with E-state index in [1.165, 1.54) is 33.1 Å². The highest BCUT2D eigenvalue weighted by Crippen LogP contribution is 2.33. The maximum absolute atomic E-state index is 12.2. The fraction of sp³-hybridized carbons (Fsp3) is 0.273. The molecular weight excluding hydrogens is 300 g/mol. The summed E-state index contributed by atoms with van der Waals surface area (Å²) in [4.78, 5) is 26.0. The Morgan fingerprint density at radius 1 is 1.45 bits per heavy atom. The molecule has 0 saturated heterocycles. The van der Waals surface area contributed by atoms with Crippen LogP contribution in [0.25, 0.3) is 0 Å². The third kappa shape index (κ3) is 2.25. The zero-order valence-electron chi connectivity index (χ0n) is 10.1. The molecule has 2 N–H and O–H groups in total. The van der Waals surface area contributed by atoms with Crippen molar-refractivity contribution in [1.82, 2.24) is 15.1 Å². The molecule has 7 nitrogen and oxygen atoms in total. The standard InChI is InChI=1S/C11H10N4O3S2/c16-9(17)8-6-2-4-19-7(6)1-3-15(8)11(18)13-10-14-12-5-20-10/h2,4-5,8H,1,3H2,(H,16,17)(H,13,14,18). The van der Waals surface area contributed by atoms with Crippen molar-refractivity contribution in [1.29, 1.82) is 0 Å². The van der Waals surface area contributed by atoms with Gasteiger partial charge >= 0.3 is 12.0 Å². The van der Waals surface area contributed by atoms with Crippen LogP contribution >= 0.6 is 22.7 Å². The molecule has 1 atom stereocenters. The lowest BCUT2D eigenvalue weighted by atomic mass is 10.0. The summed E-state index contributed by atoms with van der Waals surface area (Å²) in [6, 6.07) is 0.354. The van der Waals surface area contributed by atoms with Crippen LogP contribution in [0.15, 0.2) is 17.0 Å². The lowest BCUT2D eigenvalue weighted by molar-refractivity contribution is -0.142. The molecule has 1 aliphatic heterocycles. The second kappa shape index (κ2) is 5.17. The van der Waals surface area contributed by atoms with Crippen molar-refractivity contribution >= 4 is 39.8 Å². The predicted molar refractivity (Wildman–Crippen MR) is 74.0 cm³/mol. The first-order valence-corrected chi connectivity index (χ1v) is 7.55. The lowest BCUT2D eigenvalue weighted by Gasteiger charge is -2.32. The highest BCUT2D eigenvalue weighted by molar-refractivity contribution is 7.13. The molecule has 0 bridgehead atoms. The van der Waals surface area contributed by atoms with Crippen molar-refractivity contribution in [2.24, 2.45) is 0 Å². The molecule has 0 fully saturated rings. The minimum absolute atomic E-state index is 0.357. The third-order valence-electron chi connectivity index (χ3n) is 3.03. The van der Waals surface area contributed by atoms with Gasteiger partial charge in [-0.3, -0.25) is 5.32 Å². The first-order chi connectivity index (χ1) is 9.66.